The van der Waals surface area contributed by atoms with E-state index < -0.39 is 5.92 Å². The first-order valence-electron chi connectivity index (χ1n) is 8.53. The Morgan fingerprint density at radius 2 is 1.96 bits per heavy atom. The van der Waals surface area contributed by atoms with Gasteiger partial charge in [-0.1, -0.05) is 18.2 Å². The van der Waals surface area contributed by atoms with Crippen LogP contribution in [-0.4, -0.2) is 36.9 Å². The fourth-order valence-corrected chi connectivity index (χ4v) is 3.11. The van der Waals surface area contributed by atoms with Crippen LogP contribution in [0.1, 0.15) is 12.0 Å². The standard InChI is InChI=1S/C20H21FN2O3/c1-26-18-5-3-2-4-14(18)10-11-23-13-15(12-19(23)24)20(25)22-17-8-6-16(21)7-9-17/h2-9,15H,10-13H2,1H3,(H,22,25). The number of carbonyl (C=O) groups excluding carboxylic acids is 2. The van der Waals surface area contributed by atoms with Gasteiger partial charge < -0.3 is 15.0 Å². The molecule has 26 heavy (non-hydrogen) atoms. The van der Waals surface area contributed by atoms with Gasteiger partial charge in [-0.25, -0.2) is 4.39 Å². The summed E-state index contributed by atoms with van der Waals surface area (Å²) >= 11 is 0. The van der Waals surface area contributed by atoms with Crippen LogP contribution in [-0.2, 0) is 16.0 Å². The third kappa shape index (κ3) is 4.20. The van der Waals surface area contributed by atoms with E-state index in [1.165, 1.54) is 24.3 Å². The van der Waals surface area contributed by atoms with Crippen molar-refractivity contribution in [3.63, 3.8) is 0 Å². The SMILES string of the molecule is COc1ccccc1CCN1CC(C(=O)Nc2ccc(F)cc2)CC1=O. The van der Waals surface area contributed by atoms with Crippen molar-refractivity contribution in [1.29, 1.82) is 0 Å². The quantitative estimate of drug-likeness (QED) is 0.866. The lowest BCUT2D eigenvalue weighted by molar-refractivity contribution is -0.128. The van der Waals surface area contributed by atoms with Crippen molar-refractivity contribution in [2.45, 2.75) is 12.8 Å². The van der Waals surface area contributed by atoms with E-state index in [1.54, 1.807) is 12.0 Å². The van der Waals surface area contributed by atoms with E-state index in [0.29, 0.717) is 25.2 Å². The molecular weight excluding hydrogens is 335 g/mol. The summed E-state index contributed by atoms with van der Waals surface area (Å²) in [5.74, 6) is -0.208. The number of rotatable bonds is 6. The van der Waals surface area contributed by atoms with Crippen molar-refractivity contribution >= 4 is 17.5 Å². The lowest BCUT2D eigenvalue weighted by Gasteiger charge is -2.17. The second kappa shape index (κ2) is 7.99. The fourth-order valence-electron chi connectivity index (χ4n) is 3.11. The number of para-hydroxylation sites is 1. The predicted molar refractivity (Wildman–Crippen MR) is 96.4 cm³/mol. The van der Waals surface area contributed by atoms with Crippen LogP contribution in [0.4, 0.5) is 10.1 Å². The Morgan fingerprint density at radius 1 is 1.23 bits per heavy atom. The molecular formula is C20H21FN2O3. The number of likely N-dealkylation sites (tertiary alicyclic amines) is 1. The third-order valence-corrected chi connectivity index (χ3v) is 4.54. The molecule has 3 rings (SSSR count). The van der Waals surface area contributed by atoms with Crippen LogP contribution in [0.15, 0.2) is 48.5 Å². The molecule has 0 bridgehead atoms. The zero-order chi connectivity index (χ0) is 18.5. The van der Waals surface area contributed by atoms with Gasteiger partial charge in [0.25, 0.3) is 0 Å². The van der Waals surface area contributed by atoms with Crippen molar-refractivity contribution in [3.8, 4) is 5.75 Å². The van der Waals surface area contributed by atoms with Crippen molar-refractivity contribution < 1.29 is 18.7 Å². The molecule has 6 heteroatoms. The van der Waals surface area contributed by atoms with Gasteiger partial charge in [0, 0.05) is 25.2 Å². The molecule has 0 spiro atoms. The fraction of sp³-hybridized carbons (Fsp3) is 0.300. The largest absolute Gasteiger partial charge is 0.496 e. The number of ether oxygens (including phenoxy) is 1. The molecule has 1 heterocycles. The van der Waals surface area contributed by atoms with E-state index in [9.17, 15) is 14.0 Å². The third-order valence-electron chi connectivity index (χ3n) is 4.54. The van der Waals surface area contributed by atoms with Gasteiger partial charge in [0.15, 0.2) is 0 Å². The first kappa shape index (κ1) is 17.9. The summed E-state index contributed by atoms with van der Waals surface area (Å²) in [7, 11) is 1.62. The molecule has 1 unspecified atom stereocenters. The molecule has 2 amide bonds. The smallest absolute Gasteiger partial charge is 0.229 e. The summed E-state index contributed by atoms with van der Waals surface area (Å²) in [6.07, 6.45) is 0.862. The zero-order valence-corrected chi connectivity index (χ0v) is 14.6. The molecule has 1 saturated heterocycles. The molecule has 1 aliphatic heterocycles. The van der Waals surface area contributed by atoms with Gasteiger partial charge >= 0.3 is 0 Å². The average Bonchev–Trinajstić information content (AvgIpc) is 3.03. The maximum Gasteiger partial charge on any atom is 0.229 e. The van der Waals surface area contributed by atoms with E-state index in [1.807, 2.05) is 24.3 Å². The molecule has 136 valence electrons. The Bertz CT molecular complexity index is 792. The summed E-state index contributed by atoms with van der Waals surface area (Å²) < 4.78 is 18.3. The summed E-state index contributed by atoms with van der Waals surface area (Å²) in [4.78, 5) is 26.3. The molecule has 2 aromatic carbocycles. The Hall–Kier alpha value is -2.89. The normalized spacial score (nSPS) is 16.6. The van der Waals surface area contributed by atoms with Crippen molar-refractivity contribution in [2.24, 2.45) is 5.92 Å². The number of methoxy groups -OCH3 is 1. The van der Waals surface area contributed by atoms with E-state index in [-0.39, 0.29) is 24.1 Å². The minimum Gasteiger partial charge on any atom is -0.496 e. The minimum absolute atomic E-state index is 0.0286. The molecule has 1 atom stereocenters. The molecule has 0 saturated carbocycles. The number of nitrogens with zero attached hydrogens (tertiary/aromatic N) is 1. The number of halogens is 1. The maximum absolute atomic E-state index is 12.9. The van der Waals surface area contributed by atoms with E-state index >= 15 is 0 Å². The van der Waals surface area contributed by atoms with E-state index in [0.717, 1.165) is 11.3 Å². The zero-order valence-electron chi connectivity index (χ0n) is 14.6. The van der Waals surface area contributed by atoms with Gasteiger partial charge in [-0.3, -0.25) is 9.59 Å². The van der Waals surface area contributed by atoms with Crippen molar-refractivity contribution in [1.82, 2.24) is 4.90 Å². The van der Waals surface area contributed by atoms with Crippen molar-refractivity contribution in [3.05, 3.63) is 59.9 Å². The Kier molecular flexibility index (Phi) is 5.51. The Balaban J connectivity index is 1.56. The summed E-state index contributed by atoms with van der Waals surface area (Å²) in [5.41, 5.74) is 1.55. The molecule has 0 aromatic heterocycles. The number of nitrogens with one attached hydrogen (secondary N) is 1. The van der Waals surface area contributed by atoms with Crippen LogP contribution in [0, 0.1) is 11.7 Å². The van der Waals surface area contributed by atoms with Crippen LogP contribution in [0.5, 0.6) is 5.75 Å². The number of hydrogen-bond acceptors (Lipinski definition) is 3. The van der Waals surface area contributed by atoms with Crippen LogP contribution in [0.3, 0.4) is 0 Å². The predicted octanol–water partition coefficient (Wildman–Crippen LogP) is 2.86. The van der Waals surface area contributed by atoms with Gasteiger partial charge in [-0.2, -0.15) is 0 Å². The molecule has 1 fully saturated rings. The van der Waals surface area contributed by atoms with Gasteiger partial charge in [0.2, 0.25) is 11.8 Å². The number of carbonyl (C=O) groups is 2. The molecule has 0 aliphatic carbocycles. The second-order valence-electron chi connectivity index (χ2n) is 6.30. The lowest BCUT2D eigenvalue weighted by Crippen LogP contribution is -2.30. The number of hydrogen-bond donors (Lipinski definition) is 1. The molecule has 2 aromatic rings. The number of amides is 2. The Labute approximate surface area is 151 Å². The highest BCUT2D eigenvalue weighted by Crippen LogP contribution is 2.23. The average molecular weight is 356 g/mol. The van der Waals surface area contributed by atoms with Crippen LogP contribution in [0.25, 0.3) is 0 Å². The topological polar surface area (TPSA) is 58.6 Å². The van der Waals surface area contributed by atoms with Gasteiger partial charge in [0.05, 0.1) is 13.0 Å². The second-order valence-corrected chi connectivity index (χ2v) is 6.30. The van der Waals surface area contributed by atoms with E-state index in [4.69, 9.17) is 4.74 Å². The monoisotopic (exact) mass is 356 g/mol. The summed E-state index contributed by atoms with van der Waals surface area (Å²) in [5, 5.41) is 2.74. The number of benzene rings is 2. The summed E-state index contributed by atoms with van der Waals surface area (Å²) in [6.45, 7) is 0.931. The summed E-state index contributed by atoms with van der Waals surface area (Å²) in [6, 6.07) is 13.3. The van der Waals surface area contributed by atoms with Gasteiger partial charge in [-0.15, -0.1) is 0 Å². The highest BCUT2D eigenvalue weighted by molar-refractivity contribution is 5.97. The van der Waals surface area contributed by atoms with E-state index in [2.05, 4.69) is 5.32 Å². The Morgan fingerprint density at radius 3 is 2.69 bits per heavy atom. The molecule has 1 N–H and O–H groups in total. The van der Waals surface area contributed by atoms with Crippen LogP contribution < -0.4 is 10.1 Å². The minimum atomic E-state index is -0.398. The first-order valence-corrected chi connectivity index (χ1v) is 8.53. The van der Waals surface area contributed by atoms with Gasteiger partial charge in [-0.05, 0) is 42.3 Å². The first-order chi connectivity index (χ1) is 12.6. The lowest BCUT2D eigenvalue weighted by atomic mass is 10.1. The van der Waals surface area contributed by atoms with Crippen LogP contribution in [0.2, 0.25) is 0 Å². The highest BCUT2D eigenvalue weighted by Gasteiger charge is 2.34. The highest BCUT2D eigenvalue weighted by atomic mass is 19.1. The molecule has 0 radical (unpaired) electrons. The molecule has 1 aliphatic rings. The van der Waals surface area contributed by atoms with Crippen LogP contribution >= 0.6 is 0 Å². The number of anilines is 1. The van der Waals surface area contributed by atoms with Gasteiger partial charge in [0.1, 0.15) is 11.6 Å². The van der Waals surface area contributed by atoms with Crippen molar-refractivity contribution in [2.75, 3.05) is 25.5 Å². The molecule has 5 nitrogen and oxygen atoms in total. The maximum atomic E-state index is 12.9.